The Labute approximate surface area is 165 Å². The first-order chi connectivity index (χ1) is 13.2. The van der Waals surface area contributed by atoms with E-state index in [4.69, 9.17) is 0 Å². The Bertz CT molecular complexity index is 902. The van der Waals surface area contributed by atoms with Crippen molar-refractivity contribution in [2.24, 2.45) is 0 Å². The molecule has 0 bridgehead atoms. The maximum absolute atomic E-state index is 3.50. The molecule has 4 rings (SSSR count). The van der Waals surface area contributed by atoms with Crippen LogP contribution in [0.1, 0.15) is 0 Å². The lowest BCUT2D eigenvalue weighted by Crippen LogP contribution is -2.43. The maximum Gasteiger partial charge on any atom is 0.0444 e. The zero-order chi connectivity index (χ0) is 18.6. The Balaban J connectivity index is 1.49. The number of nitrogens with zero attached hydrogens (tertiary/aromatic N) is 2. The standard InChI is InChI=1S/C22H26N4S/c1-25(2)21-7-3-6-20-19(21)5-4-8-22(20)27-24-17-9-11-18(12-10-17)26-15-13-23-14-16-26/h3-12,23-24H,13-16H2,1-2H3. The van der Waals surface area contributed by atoms with E-state index < -0.39 is 0 Å². The molecule has 1 saturated heterocycles. The van der Waals surface area contributed by atoms with Gasteiger partial charge in [-0.05, 0) is 53.7 Å². The third kappa shape index (κ3) is 3.99. The van der Waals surface area contributed by atoms with E-state index in [2.05, 4.69) is 94.6 Å². The summed E-state index contributed by atoms with van der Waals surface area (Å²) in [4.78, 5) is 5.84. The van der Waals surface area contributed by atoms with Crippen molar-refractivity contribution in [1.29, 1.82) is 0 Å². The molecule has 4 nitrogen and oxygen atoms in total. The summed E-state index contributed by atoms with van der Waals surface area (Å²) in [5.74, 6) is 0. The fraction of sp³-hybridized carbons (Fsp3) is 0.273. The van der Waals surface area contributed by atoms with Crippen LogP contribution in [0.15, 0.2) is 65.6 Å². The van der Waals surface area contributed by atoms with Crippen LogP contribution >= 0.6 is 11.9 Å². The lowest BCUT2D eigenvalue weighted by molar-refractivity contribution is 0.589. The largest absolute Gasteiger partial charge is 0.377 e. The highest BCUT2D eigenvalue weighted by Gasteiger charge is 2.10. The summed E-state index contributed by atoms with van der Waals surface area (Å²) < 4.78 is 3.50. The van der Waals surface area contributed by atoms with Gasteiger partial charge in [0, 0.05) is 67.6 Å². The molecule has 0 radical (unpaired) electrons. The van der Waals surface area contributed by atoms with Gasteiger partial charge in [-0.1, -0.05) is 24.3 Å². The second kappa shape index (κ2) is 8.11. The molecular formula is C22H26N4S. The fourth-order valence-electron chi connectivity index (χ4n) is 3.52. The van der Waals surface area contributed by atoms with Gasteiger partial charge in [-0.3, -0.25) is 0 Å². The van der Waals surface area contributed by atoms with Crippen molar-refractivity contribution in [1.82, 2.24) is 5.32 Å². The summed E-state index contributed by atoms with van der Waals surface area (Å²) in [6, 6.07) is 21.7. The Hall–Kier alpha value is -2.37. The van der Waals surface area contributed by atoms with E-state index in [0.717, 1.165) is 31.9 Å². The second-order valence-electron chi connectivity index (χ2n) is 7.01. The first-order valence-corrected chi connectivity index (χ1v) is 10.2. The first-order valence-electron chi connectivity index (χ1n) is 9.40. The lowest BCUT2D eigenvalue weighted by Gasteiger charge is -2.29. The molecule has 3 aromatic rings. The van der Waals surface area contributed by atoms with Crippen LogP contribution < -0.4 is 19.8 Å². The molecule has 0 atom stereocenters. The summed E-state index contributed by atoms with van der Waals surface area (Å²) in [7, 11) is 4.18. The highest BCUT2D eigenvalue weighted by atomic mass is 32.2. The maximum atomic E-state index is 3.50. The van der Waals surface area contributed by atoms with Crippen LogP contribution in [0.4, 0.5) is 17.1 Å². The molecule has 1 heterocycles. The van der Waals surface area contributed by atoms with Crippen molar-refractivity contribution in [3.63, 3.8) is 0 Å². The molecule has 1 aliphatic rings. The molecule has 3 aromatic carbocycles. The van der Waals surface area contributed by atoms with Gasteiger partial charge in [-0.15, -0.1) is 0 Å². The highest BCUT2D eigenvalue weighted by molar-refractivity contribution is 8.00. The van der Waals surface area contributed by atoms with E-state index in [1.54, 1.807) is 11.9 Å². The molecule has 0 unspecified atom stereocenters. The minimum atomic E-state index is 1.06. The van der Waals surface area contributed by atoms with E-state index in [1.165, 1.54) is 27.0 Å². The summed E-state index contributed by atoms with van der Waals surface area (Å²) >= 11 is 1.67. The number of anilines is 3. The van der Waals surface area contributed by atoms with Gasteiger partial charge in [0.2, 0.25) is 0 Å². The molecule has 140 valence electrons. The van der Waals surface area contributed by atoms with Gasteiger partial charge in [0.25, 0.3) is 0 Å². The van der Waals surface area contributed by atoms with Crippen LogP contribution in [0, 0.1) is 0 Å². The predicted molar refractivity (Wildman–Crippen MR) is 119 cm³/mol. The summed E-state index contributed by atoms with van der Waals surface area (Å²) in [5, 5.41) is 5.96. The Morgan fingerprint density at radius 1 is 0.889 bits per heavy atom. The summed E-state index contributed by atoms with van der Waals surface area (Å²) in [5.41, 5.74) is 3.67. The molecule has 0 aromatic heterocycles. The van der Waals surface area contributed by atoms with Crippen molar-refractivity contribution in [2.75, 3.05) is 54.8 Å². The van der Waals surface area contributed by atoms with Crippen molar-refractivity contribution >= 4 is 39.8 Å². The average Bonchev–Trinajstić information content (AvgIpc) is 2.72. The number of hydrogen-bond acceptors (Lipinski definition) is 5. The van der Waals surface area contributed by atoms with Gasteiger partial charge in [-0.25, -0.2) is 0 Å². The minimum absolute atomic E-state index is 1.06. The van der Waals surface area contributed by atoms with Gasteiger partial charge in [0.1, 0.15) is 0 Å². The first kappa shape index (κ1) is 18.0. The number of fused-ring (bicyclic) bond motifs is 1. The lowest BCUT2D eigenvalue weighted by atomic mass is 10.1. The van der Waals surface area contributed by atoms with E-state index in [9.17, 15) is 0 Å². The predicted octanol–water partition coefficient (Wildman–Crippen LogP) is 4.43. The topological polar surface area (TPSA) is 30.5 Å². The van der Waals surface area contributed by atoms with Crippen molar-refractivity contribution < 1.29 is 0 Å². The smallest absolute Gasteiger partial charge is 0.0444 e. The Morgan fingerprint density at radius 3 is 2.33 bits per heavy atom. The molecule has 5 heteroatoms. The van der Waals surface area contributed by atoms with Crippen molar-refractivity contribution in [2.45, 2.75) is 4.90 Å². The van der Waals surface area contributed by atoms with Gasteiger partial charge in [0.05, 0.1) is 0 Å². The molecule has 0 spiro atoms. The van der Waals surface area contributed by atoms with E-state index in [1.807, 2.05) is 0 Å². The molecule has 27 heavy (non-hydrogen) atoms. The van der Waals surface area contributed by atoms with Gasteiger partial charge < -0.3 is 19.8 Å². The number of hydrogen-bond donors (Lipinski definition) is 2. The monoisotopic (exact) mass is 378 g/mol. The average molecular weight is 379 g/mol. The molecule has 0 amide bonds. The van der Waals surface area contributed by atoms with Crippen molar-refractivity contribution in [3.8, 4) is 0 Å². The van der Waals surface area contributed by atoms with Crippen LogP contribution in [-0.2, 0) is 0 Å². The number of rotatable bonds is 5. The van der Waals surface area contributed by atoms with Crippen LogP contribution in [0.25, 0.3) is 10.8 Å². The number of piperazine rings is 1. The zero-order valence-corrected chi connectivity index (χ0v) is 16.7. The Kier molecular flexibility index (Phi) is 5.41. The van der Waals surface area contributed by atoms with E-state index in [0.29, 0.717) is 0 Å². The van der Waals surface area contributed by atoms with Crippen LogP contribution in [0.5, 0.6) is 0 Å². The molecular weight excluding hydrogens is 352 g/mol. The third-order valence-electron chi connectivity index (χ3n) is 4.97. The minimum Gasteiger partial charge on any atom is -0.377 e. The summed E-state index contributed by atoms with van der Waals surface area (Å²) in [6.07, 6.45) is 0. The van der Waals surface area contributed by atoms with Gasteiger partial charge in [-0.2, -0.15) is 0 Å². The van der Waals surface area contributed by atoms with Gasteiger partial charge in [0.15, 0.2) is 0 Å². The van der Waals surface area contributed by atoms with Crippen molar-refractivity contribution in [3.05, 3.63) is 60.7 Å². The molecule has 0 aliphatic carbocycles. The van der Waals surface area contributed by atoms with E-state index in [-0.39, 0.29) is 0 Å². The summed E-state index contributed by atoms with van der Waals surface area (Å²) in [6.45, 7) is 4.27. The second-order valence-corrected chi connectivity index (χ2v) is 7.86. The van der Waals surface area contributed by atoms with Crippen LogP contribution in [0.3, 0.4) is 0 Å². The molecule has 0 saturated carbocycles. The fourth-order valence-corrected chi connectivity index (χ4v) is 4.32. The third-order valence-corrected chi connectivity index (χ3v) is 5.88. The molecule has 1 aliphatic heterocycles. The van der Waals surface area contributed by atoms with Crippen LogP contribution in [0.2, 0.25) is 0 Å². The molecule has 2 N–H and O–H groups in total. The Morgan fingerprint density at radius 2 is 1.59 bits per heavy atom. The van der Waals surface area contributed by atoms with Gasteiger partial charge >= 0.3 is 0 Å². The normalized spacial score (nSPS) is 14.4. The molecule has 1 fully saturated rings. The SMILES string of the molecule is CN(C)c1cccc2c(SNc3ccc(N4CCNCC4)cc3)cccc12. The highest BCUT2D eigenvalue weighted by Crippen LogP contribution is 2.33. The quantitative estimate of drug-likeness (QED) is 0.641. The number of benzene rings is 3. The van der Waals surface area contributed by atoms with Crippen LogP contribution in [-0.4, -0.2) is 40.3 Å². The van der Waals surface area contributed by atoms with E-state index >= 15 is 0 Å². The number of nitrogens with one attached hydrogen (secondary N) is 2. The zero-order valence-electron chi connectivity index (χ0n) is 15.9.